The van der Waals surface area contributed by atoms with Crippen LogP contribution in [0.25, 0.3) is 117 Å². The maximum atomic E-state index is 6.51. The van der Waals surface area contributed by atoms with Gasteiger partial charge in [0.1, 0.15) is 11.2 Å². The number of hydrogen-bond acceptors (Lipinski definition) is 4. The van der Waals surface area contributed by atoms with Gasteiger partial charge < -0.3 is 8.98 Å². The molecule has 5 nitrogen and oxygen atoms in total. The zero-order valence-corrected chi connectivity index (χ0v) is 33.5. The maximum absolute atomic E-state index is 6.51. The average molecular weight is 793 g/mol. The van der Waals surface area contributed by atoms with Crippen molar-refractivity contribution in [2.24, 2.45) is 0 Å². The molecule has 3 aromatic heterocycles. The Morgan fingerprint density at radius 3 is 1.61 bits per heavy atom. The predicted molar refractivity (Wildman–Crippen MR) is 254 cm³/mol. The quantitative estimate of drug-likeness (QED) is 0.161. The van der Waals surface area contributed by atoms with Crippen LogP contribution in [0.2, 0.25) is 0 Å². The number of nitrogens with zero attached hydrogens (tertiary/aromatic N) is 4. The zero-order chi connectivity index (χ0) is 41.0. The molecule has 0 spiro atoms. The van der Waals surface area contributed by atoms with Crippen molar-refractivity contribution in [1.82, 2.24) is 19.5 Å². The molecule has 0 aliphatic heterocycles. The Kier molecular flexibility index (Phi) is 8.42. The van der Waals surface area contributed by atoms with Gasteiger partial charge in [0, 0.05) is 49.5 Å². The minimum atomic E-state index is 0.622. The molecule has 12 aromatic rings. The van der Waals surface area contributed by atoms with Crippen molar-refractivity contribution >= 4 is 43.7 Å². The van der Waals surface area contributed by atoms with Crippen molar-refractivity contribution < 1.29 is 4.42 Å². The van der Waals surface area contributed by atoms with Gasteiger partial charge in [-0.3, -0.25) is 0 Å². The van der Waals surface area contributed by atoms with Gasteiger partial charge in [-0.15, -0.1) is 0 Å². The van der Waals surface area contributed by atoms with Crippen molar-refractivity contribution in [1.29, 1.82) is 0 Å². The van der Waals surface area contributed by atoms with Crippen molar-refractivity contribution in [3.05, 3.63) is 218 Å². The summed E-state index contributed by atoms with van der Waals surface area (Å²) in [6.45, 7) is 0. The first kappa shape index (κ1) is 35.5. The fourth-order valence-corrected chi connectivity index (χ4v) is 8.95. The van der Waals surface area contributed by atoms with Crippen LogP contribution in [0.4, 0.5) is 0 Å². The van der Waals surface area contributed by atoms with Crippen LogP contribution in [0.5, 0.6) is 0 Å². The average Bonchev–Trinajstić information content (AvgIpc) is 3.91. The molecule has 0 atom stereocenters. The van der Waals surface area contributed by atoms with E-state index < -0.39 is 0 Å². The Morgan fingerprint density at radius 2 is 0.871 bits per heavy atom. The standard InChI is InChI=1S/C57H36N4O/c1-4-16-37(17-5-1)40-32-33-50-49(36-40)53-45(41-22-12-24-43(34-41)57-59-55(38-18-6-2-7-19-38)58-56(60-57)39-20-8-3-9-21-39)27-15-30-51(53)61(50)44-25-13-23-42(35-44)46-28-14-29-48-47-26-10-11-31-52(47)62-54(46)48/h1-36H. The van der Waals surface area contributed by atoms with Crippen molar-refractivity contribution in [3.63, 3.8) is 0 Å². The molecule has 290 valence electrons. The Bertz CT molecular complexity index is 3570. The van der Waals surface area contributed by atoms with Crippen LogP contribution in [0.1, 0.15) is 0 Å². The molecule has 0 aliphatic carbocycles. The summed E-state index contributed by atoms with van der Waals surface area (Å²) in [5.41, 5.74) is 14.6. The van der Waals surface area contributed by atoms with Gasteiger partial charge in [0.2, 0.25) is 0 Å². The van der Waals surface area contributed by atoms with Crippen LogP contribution in [-0.4, -0.2) is 19.5 Å². The molecule has 3 heterocycles. The summed E-state index contributed by atoms with van der Waals surface area (Å²) in [5, 5.41) is 4.58. The van der Waals surface area contributed by atoms with Gasteiger partial charge in [0.25, 0.3) is 0 Å². The second-order valence-electron chi connectivity index (χ2n) is 15.6. The van der Waals surface area contributed by atoms with Crippen LogP contribution in [-0.2, 0) is 0 Å². The molecule has 0 unspecified atom stereocenters. The van der Waals surface area contributed by atoms with Gasteiger partial charge in [-0.1, -0.05) is 176 Å². The molecular formula is C57H36N4O. The number of furan rings is 1. The number of benzene rings is 9. The molecule has 0 saturated heterocycles. The number of aromatic nitrogens is 4. The van der Waals surface area contributed by atoms with Crippen molar-refractivity contribution in [3.8, 4) is 73.2 Å². The fraction of sp³-hybridized carbons (Fsp3) is 0. The van der Waals surface area contributed by atoms with E-state index >= 15 is 0 Å². The van der Waals surface area contributed by atoms with Gasteiger partial charge in [-0.05, 0) is 70.3 Å². The monoisotopic (exact) mass is 792 g/mol. The summed E-state index contributed by atoms with van der Waals surface area (Å²) in [5.74, 6) is 1.89. The Morgan fingerprint density at radius 1 is 0.323 bits per heavy atom. The SMILES string of the molecule is c1ccc(-c2ccc3c(c2)c2c(-c4cccc(-c5nc(-c6ccccc6)nc(-c6ccccc6)n5)c4)cccc2n3-c2cccc(-c3cccc4c3oc3ccccc34)c2)cc1. The highest BCUT2D eigenvalue weighted by Crippen LogP contribution is 2.42. The van der Waals surface area contributed by atoms with E-state index in [0.717, 1.165) is 83.2 Å². The zero-order valence-electron chi connectivity index (χ0n) is 33.5. The van der Waals surface area contributed by atoms with Crippen LogP contribution in [0.15, 0.2) is 223 Å². The Balaban J connectivity index is 1.05. The summed E-state index contributed by atoms with van der Waals surface area (Å²) >= 11 is 0. The van der Waals surface area contributed by atoms with Crippen LogP contribution >= 0.6 is 0 Å². The predicted octanol–water partition coefficient (Wildman–Crippen LogP) is 14.9. The molecule has 0 fully saturated rings. The fourth-order valence-electron chi connectivity index (χ4n) is 8.95. The number of hydrogen-bond donors (Lipinski definition) is 0. The molecule has 0 amide bonds. The van der Waals surface area contributed by atoms with Gasteiger partial charge >= 0.3 is 0 Å². The number of fused-ring (bicyclic) bond motifs is 6. The van der Waals surface area contributed by atoms with Gasteiger partial charge in [-0.25, -0.2) is 15.0 Å². The molecule has 9 aromatic carbocycles. The van der Waals surface area contributed by atoms with Crippen LogP contribution in [0, 0.1) is 0 Å². The Hall–Kier alpha value is -8.41. The number of para-hydroxylation sites is 2. The second-order valence-corrected chi connectivity index (χ2v) is 15.6. The lowest BCUT2D eigenvalue weighted by Crippen LogP contribution is -2.00. The van der Waals surface area contributed by atoms with E-state index in [0.29, 0.717) is 17.5 Å². The lowest BCUT2D eigenvalue weighted by atomic mass is 9.96. The van der Waals surface area contributed by atoms with Crippen LogP contribution < -0.4 is 0 Å². The molecule has 0 bridgehead atoms. The second kappa shape index (κ2) is 14.7. The first-order valence-electron chi connectivity index (χ1n) is 20.8. The summed E-state index contributed by atoms with van der Waals surface area (Å²) in [7, 11) is 0. The van der Waals surface area contributed by atoms with E-state index in [9.17, 15) is 0 Å². The summed E-state index contributed by atoms with van der Waals surface area (Å²) in [4.78, 5) is 15.1. The molecular weight excluding hydrogens is 757 g/mol. The summed E-state index contributed by atoms with van der Waals surface area (Å²) in [6, 6.07) is 76.4. The number of rotatable bonds is 7. The maximum Gasteiger partial charge on any atom is 0.164 e. The molecule has 62 heavy (non-hydrogen) atoms. The lowest BCUT2D eigenvalue weighted by molar-refractivity contribution is 0.670. The van der Waals surface area contributed by atoms with E-state index in [1.807, 2.05) is 72.8 Å². The molecule has 0 saturated carbocycles. The van der Waals surface area contributed by atoms with Crippen molar-refractivity contribution in [2.75, 3.05) is 0 Å². The molecule has 5 heteroatoms. The smallest absolute Gasteiger partial charge is 0.164 e. The first-order valence-corrected chi connectivity index (χ1v) is 20.8. The highest BCUT2D eigenvalue weighted by atomic mass is 16.3. The molecule has 0 N–H and O–H groups in total. The minimum absolute atomic E-state index is 0.622. The van der Waals surface area contributed by atoms with Crippen LogP contribution in [0.3, 0.4) is 0 Å². The third-order valence-corrected chi connectivity index (χ3v) is 11.8. The minimum Gasteiger partial charge on any atom is -0.455 e. The van der Waals surface area contributed by atoms with E-state index in [4.69, 9.17) is 19.4 Å². The summed E-state index contributed by atoms with van der Waals surface area (Å²) < 4.78 is 8.91. The van der Waals surface area contributed by atoms with Gasteiger partial charge in [0.15, 0.2) is 17.5 Å². The first-order chi connectivity index (χ1) is 30.7. The Labute approximate surface area is 357 Å². The lowest BCUT2D eigenvalue weighted by Gasteiger charge is -2.12. The van der Waals surface area contributed by atoms with E-state index in [1.165, 1.54) is 16.3 Å². The highest BCUT2D eigenvalue weighted by molar-refractivity contribution is 6.17. The van der Waals surface area contributed by atoms with Crippen molar-refractivity contribution in [2.45, 2.75) is 0 Å². The van der Waals surface area contributed by atoms with E-state index in [2.05, 4.69) is 150 Å². The van der Waals surface area contributed by atoms with E-state index in [-0.39, 0.29) is 0 Å². The van der Waals surface area contributed by atoms with Gasteiger partial charge in [0.05, 0.1) is 11.0 Å². The van der Waals surface area contributed by atoms with Gasteiger partial charge in [-0.2, -0.15) is 0 Å². The highest BCUT2D eigenvalue weighted by Gasteiger charge is 2.20. The molecule has 12 rings (SSSR count). The molecule has 0 aliphatic rings. The van der Waals surface area contributed by atoms with E-state index in [1.54, 1.807) is 0 Å². The third kappa shape index (κ3) is 6.06. The normalized spacial score (nSPS) is 11.5. The topological polar surface area (TPSA) is 56.7 Å². The third-order valence-electron chi connectivity index (χ3n) is 11.8. The molecule has 0 radical (unpaired) electrons. The summed E-state index contributed by atoms with van der Waals surface area (Å²) in [6.07, 6.45) is 0. The largest absolute Gasteiger partial charge is 0.455 e.